The predicted octanol–water partition coefficient (Wildman–Crippen LogP) is 6.24. The molecule has 2 N–H and O–H groups in total. The van der Waals surface area contributed by atoms with Gasteiger partial charge in [0.25, 0.3) is 0 Å². The van der Waals surface area contributed by atoms with Crippen molar-refractivity contribution in [2.45, 2.75) is 110 Å². The minimum absolute atomic E-state index is 1.37. The van der Waals surface area contributed by atoms with Crippen LogP contribution in [-0.4, -0.2) is 9.79 Å². The van der Waals surface area contributed by atoms with Crippen molar-refractivity contribution in [2.24, 2.45) is 0 Å². The molecule has 0 aliphatic rings. The van der Waals surface area contributed by atoms with E-state index in [1.165, 1.54) is 96.3 Å². The van der Waals surface area contributed by atoms with E-state index in [1.807, 2.05) is 0 Å². The summed E-state index contributed by atoms with van der Waals surface area (Å²) in [5.41, 5.74) is 0. The minimum Gasteiger partial charge on any atom is -0.326 e. The summed E-state index contributed by atoms with van der Waals surface area (Å²) in [6.45, 7) is 4.58. The highest BCUT2D eigenvalue weighted by molar-refractivity contribution is 7.30. The Balaban J connectivity index is 0. The summed E-state index contributed by atoms with van der Waals surface area (Å²) >= 11 is 0. The largest absolute Gasteiger partial charge is 0.326 e. The van der Waals surface area contributed by atoms with Crippen molar-refractivity contribution >= 4 is 8.25 Å². The van der Waals surface area contributed by atoms with Crippen molar-refractivity contribution < 1.29 is 14.4 Å². The molecule has 0 heterocycles. The highest BCUT2D eigenvalue weighted by Crippen LogP contribution is 2.13. The zero-order valence-corrected chi connectivity index (χ0v) is 15.4. The van der Waals surface area contributed by atoms with Crippen molar-refractivity contribution in [3.8, 4) is 0 Å². The predicted molar refractivity (Wildman–Crippen MR) is 94.0 cm³/mol. The van der Waals surface area contributed by atoms with Crippen LogP contribution >= 0.6 is 8.25 Å². The number of rotatable bonds is 14. The van der Waals surface area contributed by atoms with Crippen LogP contribution in [0.4, 0.5) is 0 Å². The van der Waals surface area contributed by atoms with Crippen LogP contribution in [0, 0.1) is 0 Å². The van der Waals surface area contributed by atoms with Gasteiger partial charge >= 0.3 is 8.25 Å². The lowest BCUT2D eigenvalue weighted by Gasteiger charge is -2.02. The summed E-state index contributed by atoms with van der Waals surface area (Å²) in [6.07, 6.45) is 21.9. The Labute approximate surface area is 133 Å². The topological polar surface area (TPSA) is 57.5 Å². The maximum absolute atomic E-state index is 8.74. The van der Waals surface area contributed by atoms with Crippen molar-refractivity contribution in [1.82, 2.24) is 0 Å². The Kier molecular flexibility index (Phi) is 25.0. The second kappa shape index (κ2) is 22.4. The van der Waals surface area contributed by atoms with Crippen LogP contribution in [0.1, 0.15) is 110 Å². The van der Waals surface area contributed by atoms with Crippen LogP contribution in [0.3, 0.4) is 0 Å². The summed E-state index contributed by atoms with van der Waals surface area (Å²) < 4.78 is 8.74. The minimum atomic E-state index is -3.13. The van der Waals surface area contributed by atoms with Crippen LogP contribution in [0.25, 0.3) is 0 Å². The Bertz CT molecular complexity index is 180. The molecule has 3 nitrogen and oxygen atoms in total. The standard InChI is InChI=1S/C17H36.H3O3P/c1-3-5-7-9-11-13-15-17-16-14-12-10-8-6-4-2;1-4(2)3/h3-17H2,1-2H3;4H,(H2,1,2,3). The van der Waals surface area contributed by atoms with E-state index in [0.717, 1.165) is 0 Å². The molecule has 0 saturated carbocycles. The lowest BCUT2D eigenvalue weighted by Crippen LogP contribution is -1.82. The fraction of sp³-hybridized carbons (Fsp3) is 1.00. The molecule has 4 heteroatoms. The van der Waals surface area contributed by atoms with Crippen molar-refractivity contribution in [2.75, 3.05) is 0 Å². The van der Waals surface area contributed by atoms with E-state index < -0.39 is 8.25 Å². The SMILES string of the molecule is CCCCCCCCCCCCCCCCC.O=[PH](O)O. The van der Waals surface area contributed by atoms with Crippen molar-refractivity contribution in [3.05, 3.63) is 0 Å². The maximum atomic E-state index is 8.74. The lowest BCUT2D eigenvalue weighted by atomic mass is 10.0. The van der Waals surface area contributed by atoms with Gasteiger partial charge in [0.2, 0.25) is 0 Å². The number of unbranched alkanes of at least 4 members (excludes halogenated alkanes) is 14. The first-order chi connectivity index (χ1) is 10.1. The lowest BCUT2D eigenvalue weighted by molar-refractivity contribution is 0.405. The quantitative estimate of drug-likeness (QED) is 0.294. The summed E-state index contributed by atoms with van der Waals surface area (Å²) in [7, 11) is -3.13. The Morgan fingerprint density at radius 2 is 0.667 bits per heavy atom. The van der Waals surface area contributed by atoms with Crippen LogP contribution in [0.5, 0.6) is 0 Å². The molecule has 0 aromatic heterocycles. The van der Waals surface area contributed by atoms with Crippen LogP contribution in [-0.2, 0) is 4.57 Å². The Morgan fingerprint density at radius 3 is 0.810 bits per heavy atom. The van der Waals surface area contributed by atoms with E-state index in [9.17, 15) is 0 Å². The third kappa shape index (κ3) is 33.2. The highest BCUT2D eigenvalue weighted by atomic mass is 31.1. The molecular weight excluding hydrogens is 283 g/mol. The molecule has 0 aliphatic heterocycles. The van der Waals surface area contributed by atoms with E-state index in [4.69, 9.17) is 14.4 Å². The molecule has 0 radical (unpaired) electrons. The van der Waals surface area contributed by atoms with E-state index in [0.29, 0.717) is 0 Å². The molecule has 0 aromatic rings. The summed E-state index contributed by atoms with van der Waals surface area (Å²) in [6, 6.07) is 0. The zero-order valence-electron chi connectivity index (χ0n) is 14.4. The fourth-order valence-electron chi connectivity index (χ4n) is 2.44. The molecule has 21 heavy (non-hydrogen) atoms. The van der Waals surface area contributed by atoms with Crippen LogP contribution in [0.15, 0.2) is 0 Å². The molecule has 0 aromatic carbocycles. The number of hydrogen-bond acceptors (Lipinski definition) is 1. The van der Waals surface area contributed by atoms with Gasteiger partial charge in [-0.2, -0.15) is 0 Å². The summed E-state index contributed by atoms with van der Waals surface area (Å²) in [4.78, 5) is 14.3. The second-order valence-corrected chi connectivity index (χ2v) is 6.44. The first-order valence-electron chi connectivity index (χ1n) is 9.07. The van der Waals surface area contributed by atoms with E-state index in [2.05, 4.69) is 13.8 Å². The van der Waals surface area contributed by atoms with E-state index in [-0.39, 0.29) is 0 Å². The van der Waals surface area contributed by atoms with E-state index in [1.54, 1.807) is 0 Å². The van der Waals surface area contributed by atoms with Gasteiger partial charge in [0.15, 0.2) is 0 Å². The van der Waals surface area contributed by atoms with Gasteiger partial charge in [0.05, 0.1) is 0 Å². The van der Waals surface area contributed by atoms with Gasteiger partial charge in [0, 0.05) is 0 Å². The van der Waals surface area contributed by atoms with Gasteiger partial charge < -0.3 is 9.79 Å². The van der Waals surface area contributed by atoms with Crippen molar-refractivity contribution in [1.29, 1.82) is 0 Å². The Hall–Kier alpha value is 0.150. The van der Waals surface area contributed by atoms with Gasteiger partial charge in [-0.15, -0.1) is 0 Å². The molecule has 130 valence electrons. The van der Waals surface area contributed by atoms with Gasteiger partial charge in [-0.05, 0) is 0 Å². The number of hydrogen-bond donors (Lipinski definition) is 2. The smallest absolute Gasteiger partial charge is 0.314 e. The second-order valence-electron chi connectivity index (χ2n) is 5.88. The molecule has 0 saturated heterocycles. The molecule has 0 rings (SSSR count). The highest BCUT2D eigenvalue weighted by Gasteiger charge is 1.93. The van der Waals surface area contributed by atoms with Gasteiger partial charge in [0.1, 0.15) is 0 Å². The first-order valence-corrected chi connectivity index (χ1v) is 10.4. The molecule has 0 unspecified atom stereocenters. The summed E-state index contributed by atoms with van der Waals surface area (Å²) in [5.74, 6) is 0. The molecular formula is C17H39O3P. The van der Waals surface area contributed by atoms with Crippen LogP contribution < -0.4 is 0 Å². The molecule has 0 fully saturated rings. The van der Waals surface area contributed by atoms with Crippen molar-refractivity contribution in [3.63, 3.8) is 0 Å². The third-order valence-corrected chi connectivity index (χ3v) is 3.71. The normalized spacial score (nSPS) is 10.5. The van der Waals surface area contributed by atoms with Crippen LogP contribution in [0.2, 0.25) is 0 Å². The van der Waals surface area contributed by atoms with Gasteiger partial charge in [-0.3, -0.25) is 4.57 Å². The monoisotopic (exact) mass is 322 g/mol. The molecule has 0 spiro atoms. The van der Waals surface area contributed by atoms with Gasteiger partial charge in [-0.25, -0.2) is 0 Å². The zero-order chi connectivity index (χ0) is 16.2. The molecule has 0 bridgehead atoms. The molecule has 0 amide bonds. The van der Waals surface area contributed by atoms with E-state index >= 15 is 0 Å². The van der Waals surface area contributed by atoms with Gasteiger partial charge in [-0.1, -0.05) is 110 Å². The average molecular weight is 322 g/mol. The average Bonchev–Trinajstić information content (AvgIpc) is 2.43. The molecule has 0 aliphatic carbocycles. The Morgan fingerprint density at radius 1 is 0.524 bits per heavy atom. The maximum Gasteiger partial charge on any atom is 0.314 e. The first kappa shape index (κ1) is 23.4. The third-order valence-electron chi connectivity index (χ3n) is 3.71. The molecule has 0 atom stereocenters. The fourth-order valence-corrected chi connectivity index (χ4v) is 2.44. The summed E-state index contributed by atoms with van der Waals surface area (Å²) in [5, 5.41) is 0.